The van der Waals surface area contributed by atoms with E-state index in [0.717, 1.165) is 31.1 Å². The van der Waals surface area contributed by atoms with Crippen LogP contribution in [0.15, 0.2) is 48.5 Å². The van der Waals surface area contributed by atoms with Crippen LogP contribution in [0, 0.1) is 18.8 Å². The van der Waals surface area contributed by atoms with E-state index < -0.39 is 41.3 Å². The zero-order valence-electron chi connectivity index (χ0n) is 33.9. The SMILES string of the molecule is C1CCOC1.CC(C)(C)OC(=O)N1CCC[C@H]1C(=O)c1cccc(F)c1.CON(C)C(=O)[C@@H]1CCCN1C(=O)OC(C)(C)C.Cc1c[c-]ccc1.S.S.[Br-].[Mg+2]. The van der Waals surface area contributed by atoms with Gasteiger partial charge in [-0.15, -0.1) is 0 Å². The van der Waals surface area contributed by atoms with E-state index >= 15 is 0 Å². The van der Waals surface area contributed by atoms with Gasteiger partial charge in [0.2, 0.25) is 0 Å². The number of rotatable bonds is 4. The molecule has 3 saturated heterocycles. The first-order chi connectivity index (χ1) is 23.9. The minimum atomic E-state index is -0.605. The van der Waals surface area contributed by atoms with Crippen molar-refractivity contribution in [1.29, 1.82) is 0 Å². The predicted octanol–water partition coefficient (Wildman–Crippen LogP) is 4.25. The summed E-state index contributed by atoms with van der Waals surface area (Å²) in [6, 6.07) is 15.4. The first-order valence-corrected chi connectivity index (χ1v) is 17.5. The van der Waals surface area contributed by atoms with Crippen LogP contribution in [0.25, 0.3) is 0 Å². The molecule has 0 spiro atoms. The van der Waals surface area contributed by atoms with Crippen molar-refractivity contribution in [3.63, 3.8) is 0 Å². The fraction of sp³-hybridized carbons (Fsp3) is 0.590. The number of hydroxylamine groups is 2. The zero-order chi connectivity index (χ0) is 38.2. The van der Waals surface area contributed by atoms with Crippen LogP contribution >= 0.6 is 27.0 Å². The Hall–Kier alpha value is -2.08. The van der Waals surface area contributed by atoms with Gasteiger partial charge < -0.3 is 31.2 Å². The molecule has 3 amide bonds. The molecule has 55 heavy (non-hydrogen) atoms. The summed E-state index contributed by atoms with van der Waals surface area (Å²) in [4.78, 5) is 56.4. The molecule has 3 fully saturated rings. The van der Waals surface area contributed by atoms with Crippen LogP contribution in [0.2, 0.25) is 0 Å². The molecule has 11 nitrogen and oxygen atoms in total. The van der Waals surface area contributed by atoms with Gasteiger partial charge >= 0.3 is 35.2 Å². The molecule has 2 aromatic rings. The third-order valence-corrected chi connectivity index (χ3v) is 7.73. The number of aryl methyl sites for hydroxylation is 1. The molecule has 0 aliphatic carbocycles. The molecule has 16 heteroatoms. The van der Waals surface area contributed by atoms with Gasteiger partial charge in [-0.05, 0) is 92.2 Å². The quantitative estimate of drug-likeness (QED) is 0.194. The van der Waals surface area contributed by atoms with Gasteiger partial charge in [0.05, 0.1) is 13.2 Å². The van der Waals surface area contributed by atoms with Crippen LogP contribution in [-0.4, -0.2) is 126 Å². The molecule has 2 atom stereocenters. The van der Waals surface area contributed by atoms with Gasteiger partial charge in [-0.25, -0.2) is 19.0 Å². The average molecular weight is 887 g/mol. The number of hydrogen-bond donors (Lipinski definition) is 0. The van der Waals surface area contributed by atoms with Crippen LogP contribution in [0.1, 0.15) is 96.0 Å². The Morgan fingerprint density at radius 3 is 1.73 bits per heavy atom. The molecule has 3 aliphatic rings. The van der Waals surface area contributed by atoms with Gasteiger partial charge in [0, 0.05) is 38.9 Å². The van der Waals surface area contributed by atoms with E-state index in [9.17, 15) is 23.6 Å². The summed E-state index contributed by atoms with van der Waals surface area (Å²) in [5, 5.41) is 1.15. The number of nitrogens with zero attached hydrogens (tertiary/aromatic N) is 3. The first-order valence-electron chi connectivity index (χ1n) is 17.5. The molecule has 308 valence electrons. The zero-order valence-corrected chi connectivity index (χ0v) is 38.9. The number of carbonyl (C=O) groups is 4. The van der Waals surface area contributed by atoms with Crippen molar-refractivity contribution in [3.8, 4) is 0 Å². The Morgan fingerprint density at radius 1 is 0.836 bits per heavy atom. The second kappa shape index (κ2) is 28.3. The van der Waals surface area contributed by atoms with Crippen molar-refractivity contribution < 1.29 is 59.6 Å². The standard InChI is InChI=1S/C16H20FNO3.C12H22N2O4.C7H7.C4H8O.BrH.Mg.2H2S/c1-16(2,3)21-15(20)18-9-5-8-13(18)14(19)11-6-4-7-12(17)10-11;1-12(2,3)18-11(16)14-8-6-7-9(14)10(15)13(4)17-5;1-7-5-3-2-4-6-7;1-2-4-5-3-1;;;;/h4,6-7,10,13H,5,8-9H2,1-3H3;9H,6-8H2,1-5H3;2-3,5-6H,1H3;1-4H2;1H;;2*1H2/q;;-1;;;+2;;/p-1/t13-;9-;;;;;;/m00....../s1. The minimum Gasteiger partial charge on any atom is -1.00 e. The Kier molecular flexibility index (Phi) is 29.5. The number of carbonyl (C=O) groups excluding carboxylic acids is 4. The second-order valence-corrected chi connectivity index (χ2v) is 14.5. The topological polar surface area (TPSA) is 115 Å². The van der Waals surface area contributed by atoms with E-state index in [1.54, 1.807) is 47.6 Å². The van der Waals surface area contributed by atoms with Crippen molar-refractivity contribution in [2.45, 2.75) is 110 Å². The maximum Gasteiger partial charge on any atom is 2.00 e. The molecule has 2 aromatic carbocycles. The Morgan fingerprint density at radius 2 is 1.35 bits per heavy atom. The van der Waals surface area contributed by atoms with E-state index in [0.29, 0.717) is 25.9 Å². The van der Waals surface area contributed by atoms with Gasteiger partial charge in [0.1, 0.15) is 23.1 Å². The van der Waals surface area contributed by atoms with E-state index in [-0.39, 0.29) is 84.3 Å². The van der Waals surface area contributed by atoms with Crippen LogP contribution < -0.4 is 17.0 Å². The second-order valence-electron chi connectivity index (χ2n) is 14.5. The van der Waals surface area contributed by atoms with Crippen molar-refractivity contribution in [2.24, 2.45) is 0 Å². The third kappa shape index (κ3) is 21.9. The predicted molar refractivity (Wildman–Crippen MR) is 219 cm³/mol. The summed E-state index contributed by atoms with van der Waals surface area (Å²) in [6.07, 6.45) is 4.39. The number of halogens is 2. The fourth-order valence-electron chi connectivity index (χ4n) is 5.27. The van der Waals surface area contributed by atoms with E-state index in [1.807, 2.05) is 18.2 Å². The van der Waals surface area contributed by atoms with E-state index in [1.165, 1.54) is 60.6 Å². The van der Waals surface area contributed by atoms with Crippen molar-refractivity contribution in [3.05, 3.63) is 71.5 Å². The van der Waals surface area contributed by atoms with Crippen LogP contribution in [0.5, 0.6) is 0 Å². The summed E-state index contributed by atoms with van der Waals surface area (Å²) in [7, 11) is 2.96. The Labute approximate surface area is 368 Å². The van der Waals surface area contributed by atoms with Crippen LogP contribution in [0.4, 0.5) is 14.0 Å². The Balaban J connectivity index is -0.000000717. The molecular formula is C39H61BrFMgN3O8S2. The van der Waals surface area contributed by atoms with Crippen molar-refractivity contribution >= 4 is 73.9 Å². The number of likely N-dealkylation sites (tertiary alicyclic amines) is 2. The summed E-state index contributed by atoms with van der Waals surface area (Å²) in [6.45, 7) is 15.8. The summed E-state index contributed by atoms with van der Waals surface area (Å²) < 4.78 is 28.8. The molecule has 0 saturated carbocycles. The number of Topliss-reactive ketones (excluding diaryl/α,β-unsaturated/α-hetero) is 1. The van der Waals surface area contributed by atoms with Crippen molar-refractivity contribution in [2.75, 3.05) is 40.5 Å². The summed E-state index contributed by atoms with van der Waals surface area (Å²) in [5.74, 6) is -0.915. The molecule has 0 radical (unpaired) electrons. The summed E-state index contributed by atoms with van der Waals surface area (Å²) in [5.41, 5.74) is 0.394. The molecule has 0 N–H and O–H groups in total. The monoisotopic (exact) mass is 885 g/mol. The van der Waals surface area contributed by atoms with Gasteiger partial charge in [0.15, 0.2) is 5.78 Å². The number of likely N-dealkylation sites (N-methyl/N-ethyl adjacent to an activating group) is 1. The normalized spacial score (nSPS) is 16.9. The number of ether oxygens (including phenoxy) is 3. The van der Waals surface area contributed by atoms with Crippen molar-refractivity contribution in [1.82, 2.24) is 14.9 Å². The number of hydrogen-bond acceptors (Lipinski definition) is 8. The third-order valence-electron chi connectivity index (χ3n) is 7.73. The smallest absolute Gasteiger partial charge is 1.00 e. The molecular weight excluding hydrogens is 826 g/mol. The molecule has 5 rings (SSSR count). The Bertz CT molecular complexity index is 1410. The maximum absolute atomic E-state index is 13.2. The number of amides is 3. The van der Waals surface area contributed by atoms with Gasteiger partial charge in [-0.1, -0.05) is 19.1 Å². The molecule has 0 aromatic heterocycles. The minimum absolute atomic E-state index is 0. The van der Waals surface area contributed by atoms with Gasteiger partial charge in [-0.3, -0.25) is 24.2 Å². The number of benzene rings is 2. The van der Waals surface area contributed by atoms with Gasteiger partial charge in [-0.2, -0.15) is 62.9 Å². The van der Waals surface area contributed by atoms with Crippen LogP contribution in [-0.2, 0) is 23.8 Å². The molecule has 0 unspecified atom stereocenters. The largest absolute Gasteiger partial charge is 2.00 e. The van der Waals surface area contributed by atoms with E-state index in [2.05, 4.69) is 19.1 Å². The van der Waals surface area contributed by atoms with Gasteiger partial charge in [0.25, 0.3) is 5.91 Å². The summed E-state index contributed by atoms with van der Waals surface area (Å²) >= 11 is 0. The molecule has 3 aliphatic heterocycles. The van der Waals surface area contributed by atoms with E-state index in [4.69, 9.17) is 19.0 Å². The molecule has 0 bridgehead atoms. The molecule has 3 heterocycles. The maximum atomic E-state index is 13.2. The van der Waals surface area contributed by atoms with Crippen LogP contribution in [0.3, 0.4) is 0 Å². The number of ketones is 1. The average Bonchev–Trinajstić information content (AvgIpc) is 3.87. The first kappa shape index (κ1) is 57.2. The fourth-order valence-corrected chi connectivity index (χ4v) is 5.27.